The van der Waals surface area contributed by atoms with E-state index in [4.69, 9.17) is 4.98 Å². The molecule has 0 aliphatic heterocycles. The molecule has 0 bridgehead atoms. The van der Waals surface area contributed by atoms with Crippen LogP contribution < -0.4 is 10.2 Å². The van der Waals surface area contributed by atoms with E-state index in [1.165, 1.54) is 12.1 Å². The lowest BCUT2D eigenvalue weighted by molar-refractivity contribution is -0.115. The number of halogens is 1. The first-order chi connectivity index (χ1) is 19.4. The first-order valence-electron chi connectivity index (χ1n) is 13.1. The van der Waals surface area contributed by atoms with Gasteiger partial charge in [-0.05, 0) is 45.7 Å². The first kappa shape index (κ1) is 26.7. The van der Waals surface area contributed by atoms with Crippen LogP contribution in [0.2, 0.25) is 0 Å². The fraction of sp³-hybridized carbons (Fsp3) is 0.194. The lowest BCUT2D eigenvalue weighted by Gasteiger charge is -2.27. The molecule has 8 nitrogen and oxygen atoms in total. The molecule has 5 rings (SSSR count). The Morgan fingerprint density at radius 3 is 2.35 bits per heavy atom. The number of nitrogens with one attached hydrogen (secondary N) is 2. The predicted octanol–water partition coefficient (Wildman–Crippen LogP) is 5.91. The van der Waals surface area contributed by atoms with Crippen LogP contribution in [0.15, 0.2) is 91.0 Å². The molecule has 40 heavy (non-hydrogen) atoms. The number of carbonyl (C=O) groups is 1. The fourth-order valence-electron chi connectivity index (χ4n) is 4.55. The van der Waals surface area contributed by atoms with Crippen LogP contribution in [0, 0.1) is 11.7 Å². The van der Waals surface area contributed by atoms with E-state index in [2.05, 4.69) is 56.8 Å². The van der Waals surface area contributed by atoms with E-state index >= 15 is 0 Å². The lowest BCUT2D eigenvalue weighted by Crippen LogP contribution is -2.28. The molecule has 5 aromatic rings. The highest BCUT2D eigenvalue weighted by Crippen LogP contribution is 2.33. The number of rotatable bonds is 10. The van der Waals surface area contributed by atoms with Gasteiger partial charge in [0.1, 0.15) is 11.6 Å². The monoisotopic (exact) mass is 535 g/mol. The average molecular weight is 536 g/mol. The number of benzene rings is 3. The molecule has 2 heterocycles. The van der Waals surface area contributed by atoms with E-state index in [-0.39, 0.29) is 18.1 Å². The predicted molar refractivity (Wildman–Crippen MR) is 154 cm³/mol. The van der Waals surface area contributed by atoms with Gasteiger partial charge in [-0.3, -0.25) is 4.79 Å². The normalized spacial score (nSPS) is 11.0. The summed E-state index contributed by atoms with van der Waals surface area (Å²) in [6, 6.07) is 27.6. The minimum atomic E-state index is -0.336. The van der Waals surface area contributed by atoms with Gasteiger partial charge in [0.25, 0.3) is 0 Å². The summed E-state index contributed by atoms with van der Waals surface area (Å²) in [5.41, 5.74) is 4.77. The maximum atomic E-state index is 13.4. The summed E-state index contributed by atoms with van der Waals surface area (Å²) in [5, 5.41) is 17.4. The van der Waals surface area contributed by atoms with Crippen molar-refractivity contribution in [1.29, 1.82) is 0 Å². The lowest BCUT2D eigenvalue weighted by atomic mass is 10.0. The summed E-state index contributed by atoms with van der Waals surface area (Å²) in [6.45, 7) is 5.76. The third-order valence-electron chi connectivity index (χ3n) is 6.30. The maximum absolute atomic E-state index is 13.4. The molecule has 9 heteroatoms. The zero-order chi connectivity index (χ0) is 27.9. The van der Waals surface area contributed by atoms with Crippen molar-refractivity contribution in [2.45, 2.75) is 26.8 Å². The Kier molecular flexibility index (Phi) is 8.20. The number of amides is 1. The van der Waals surface area contributed by atoms with Crippen molar-refractivity contribution in [3.63, 3.8) is 0 Å². The van der Waals surface area contributed by atoms with Crippen LogP contribution in [0.25, 0.3) is 22.6 Å². The van der Waals surface area contributed by atoms with Crippen molar-refractivity contribution < 1.29 is 9.18 Å². The largest absolute Gasteiger partial charge is 0.352 e. The smallest absolute Gasteiger partial charge is 0.228 e. The van der Waals surface area contributed by atoms with Crippen LogP contribution >= 0.6 is 0 Å². The molecular weight excluding hydrogens is 505 g/mol. The number of carbonyl (C=O) groups excluding carboxylic acids is 1. The van der Waals surface area contributed by atoms with E-state index in [1.54, 1.807) is 12.1 Å². The molecule has 0 saturated heterocycles. The second kappa shape index (κ2) is 12.3. The van der Waals surface area contributed by atoms with E-state index < -0.39 is 0 Å². The molecule has 202 valence electrons. The van der Waals surface area contributed by atoms with Crippen molar-refractivity contribution in [2.75, 3.05) is 16.8 Å². The van der Waals surface area contributed by atoms with Crippen LogP contribution in [-0.2, 0) is 17.8 Å². The van der Waals surface area contributed by atoms with Crippen LogP contribution in [0.1, 0.15) is 25.0 Å². The average Bonchev–Trinajstić information content (AvgIpc) is 3.49. The van der Waals surface area contributed by atoms with Gasteiger partial charge in [0.05, 0.1) is 12.1 Å². The molecule has 0 radical (unpaired) electrons. The summed E-state index contributed by atoms with van der Waals surface area (Å²) < 4.78 is 13.4. The Labute approximate surface area is 232 Å². The minimum absolute atomic E-state index is 0.118. The molecule has 0 spiro atoms. The number of aromatic amines is 1. The highest BCUT2D eigenvalue weighted by molar-refractivity contribution is 5.93. The van der Waals surface area contributed by atoms with Gasteiger partial charge in [-0.1, -0.05) is 80.6 Å². The molecule has 0 aliphatic carbocycles. The summed E-state index contributed by atoms with van der Waals surface area (Å²) in [5.74, 6) is 1.08. The van der Waals surface area contributed by atoms with Gasteiger partial charge in [-0.2, -0.15) is 0 Å². The van der Waals surface area contributed by atoms with Crippen molar-refractivity contribution >= 4 is 17.4 Å². The van der Waals surface area contributed by atoms with E-state index in [0.717, 1.165) is 34.6 Å². The van der Waals surface area contributed by atoms with Gasteiger partial charge >= 0.3 is 0 Å². The molecule has 1 amide bonds. The maximum Gasteiger partial charge on any atom is 0.228 e. The zero-order valence-electron chi connectivity index (χ0n) is 22.4. The Morgan fingerprint density at radius 2 is 1.65 bits per heavy atom. The van der Waals surface area contributed by atoms with Crippen molar-refractivity contribution in [3.05, 3.63) is 108 Å². The van der Waals surface area contributed by atoms with Gasteiger partial charge in [0.2, 0.25) is 5.91 Å². The molecular formula is C31H30FN7O. The zero-order valence-corrected chi connectivity index (χ0v) is 22.4. The number of nitrogens with zero attached hydrogens (tertiary/aromatic N) is 5. The topological polar surface area (TPSA) is 99.7 Å². The van der Waals surface area contributed by atoms with Crippen molar-refractivity contribution in [2.24, 2.45) is 5.92 Å². The Bertz CT molecular complexity index is 1550. The molecule has 0 fully saturated rings. The number of anilines is 2. The minimum Gasteiger partial charge on any atom is -0.352 e. The van der Waals surface area contributed by atoms with Crippen molar-refractivity contribution in [3.8, 4) is 22.6 Å². The molecule has 0 aliphatic rings. The van der Waals surface area contributed by atoms with Gasteiger partial charge < -0.3 is 10.2 Å². The Hall–Kier alpha value is -4.92. The van der Waals surface area contributed by atoms with Gasteiger partial charge in [-0.15, -0.1) is 5.10 Å². The van der Waals surface area contributed by atoms with Crippen LogP contribution in [0.3, 0.4) is 0 Å². The van der Waals surface area contributed by atoms with Gasteiger partial charge in [0, 0.05) is 36.0 Å². The van der Waals surface area contributed by atoms with Crippen molar-refractivity contribution in [1.82, 2.24) is 25.6 Å². The molecule has 3 aromatic carbocycles. The van der Waals surface area contributed by atoms with Crippen LogP contribution in [-0.4, -0.2) is 38.1 Å². The van der Waals surface area contributed by atoms with E-state index in [0.29, 0.717) is 29.7 Å². The summed E-state index contributed by atoms with van der Waals surface area (Å²) >= 11 is 0. The molecule has 0 atom stereocenters. The second-order valence-corrected chi connectivity index (χ2v) is 10.0. The third kappa shape index (κ3) is 6.74. The third-order valence-corrected chi connectivity index (χ3v) is 6.30. The molecule has 0 unspecified atom stereocenters. The number of hydrogen-bond acceptors (Lipinski definition) is 6. The quantitative estimate of drug-likeness (QED) is 0.231. The fourth-order valence-corrected chi connectivity index (χ4v) is 4.55. The Balaban J connectivity index is 1.55. The molecule has 2 aromatic heterocycles. The number of tetrazole rings is 1. The van der Waals surface area contributed by atoms with Crippen LogP contribution in [0.4, 0.5) is 15.9 Å². The second-order valence-electron chi connectivity index (χ2n) is 10.0. The first-order valence-corrected chi connectivity index (χ1v) is 13.1. The number of aromatic nitrogens is 5. The van der Waals surface area contributed by atoms with Gasteiger partial charge in [0.15, 0.2) is 5.82 Å². The standard InChI is InChI=1S/C31H30FN7O/c1-21(2)19-39(20-23-8-4-3-5-9-23)29-18-25(33-30(40)16-22-12-14-24(32)15-13-22)17-28(34-29)26-10-6-7-11-27(26)31-35-37-38-36-31/h3-15,17-18,21H,16,19-20H2,1-2H3,(H,33,34,40)(H,35,36,37,38). The SMILES string of the molecule is CC(C)CN(Cc1ccccc1)c1cc(NC(=O)Cc2ccc(F)cc2)cc(-c2ccccc2-c2nnn[nH]2)n1. The van der Waals surface area contributed by atoms with E-state index in [9.17, 15) is 9.18 Å². The number of pyridine rings is 1. The highest BCUT2D eigenvalue weighted by atomic mass is 19.1. The molecule has 2 N–H and O–H groups in total. The Morgan fingerprint density at radius 1 is 0.925 bits per heavy atom. The summed E-state index contributed by atoms with van der Waals surface area (Å²) in [6.07, 6.45) is 0.118. The molecule has 0 saturated carbocycles. The highest BCUT2D eigenvalue weighted by Gasteiger charge is 2.18. The number of hydrogen-bond donors (Lipinski definition) is 2. The summed E-state index contributed by atoms with van der Waals surface area (Å²) in [4.78, 5) is 20.3. The van der Waals surface area contributed by atoms with Gasteiger partial charge in [-0.25, -0.2) is 14.5 Å². The summed E-state index contributed by atoms with van der Waals surface area (Å²) in [7, 11) is 0. The van der Waals surface area contributed by atoms with Crippen LogP contribution in [0.5, 0.6) is 0 Å². The number of H-pyrrole nitrogens is 1. The van der Waals surface area contributed by atoms with E-state index in [1.807, 2.05) is 54.6 Å².